The molecule has 0 bridgehead atoms. The van der Waals surface area contributed by atoms with Crippen LogP contribution in [0.3, 0.4) is 0 Å². The summed E-state index contributed by atoms with van der Waals surface area (Å²) in [6, 6.07) is 12.4. The van der Waals surface area contributed by atoms with Crippen molar-refractivity contribution in [1.29, 1.82) is 0 Å². The highest BCUT2D eigenvalue weighted by molar-refractivity contribution is 5.87. The largest absolute Gasteiger partial charge is 0.462 e. The summed E-state index contributed by atoms with van der Waals surface area (Å²) in [6.07, 6.45) is 8.64. The highest BCUT2D eigenvalue weighted by atomic mass is 16.5. The summed E-state index contributed by atoms with van der Waals surface area (Å²) in [4.78, 5) is 24.5. The van der Waals surface area contributed by atoms with Crippen molar-refractivity contribution in [1.82, 2.24) is 0 Å². The SMILES string of the molecule is C=CC1CCC(C(=O)Oc2ccc(/C=C/C(=O)OCC(C)c3cc(N)cc(N)c3)cc2)CC1. The number of rotatable bonds is 8. The Labute approximate surface area is 195 Å². The fourth-order valence-corrected chi connectivity index (χ4v) is 3.94. The number of benzene rings is 2. The third-order valence-electron chi connectivity index (χ3n) is 5.99. The molecule has 2 aromatic carbocycles. The van der Waals surface area contributed by atoms with E-state index in [-0.39, 0.29) is 24.4 Å². The molecule has 0 heterocycles. The van der Waals surface area contributed by atoms with E-state index in [0.717, 1.165) is 36.8 Å². The van der Waals surface area contributed by atoms with Crippen LogP contribution in [0.25, 0.3) is 6.08 Å². The normalized spacial score (nSPS) is 19.1. The highest BCUT2D eigenvalue weighted by Crippen LogP contribution is 2.30. The second-order valence-corrected chi connectivity index (χ2v) is 8.63. The van der Waals surface area contributed by atoms with E-state index in [0.29, 0.717) is 23.0 Å². The summed E-state index contributed by atoms with van der Waals surface area (Å²) < 4.78 is 10.9. The third kappa shape index (κ3) is 7.24. The molecule has 1 saturated carbocycles. The van der Waals surface area contributed by atoms with Crippen LogP contribution in [-0.4, -0.2) is 18.5 Å². The van der Waals surface area contributed by atoms with Crippen LogP contribution in [0.15, 0.2) is 61.2 Å². The van der Waals surface area contributed by atoms with Crippen molar-refractivity contribution in [2.24, 2.45) is 11.8 Å². The molecule has 3 rings (SSSR count). The lowest BCUT2D eigenvalue weighted by Crippen LogP contribution is -2.25. The fraction of sp³-hybridized carbons (Fsp3) is 0.333. The van der Waals surface area contributed by atoms with Gasteiger partial charge in [-0.15, -0.1) is 6.58 Å². The average Bonchev–Trinajstić information content (AvgIpc) is 2.81. The monoisotopic (exact) mass is 448 g/mol. The molecule has 0 aliphatic heterocycles. The quantitative estimate of drug-likeness (QED) is 0.191. The van der Waals surface area contributed by atoms with Gasteiger partial charge in [0.05, 0.1) is 12.5 Å². The zero-order valence-corrected chi connectivity index (χ0v) is 19.0. The van der Waals surface area contributed by atoms with E-state index in [1.54, 1.807) is 36.4 Å². The van der Waals surface area contributed by atoms with Gasteiger partial charge < -0.3 is 20.9 Å². The molecule has 1 fully saturated rings. The number of nitrogen functional groups attached to an aromatic ring is 2. The molecule has 6 heteroatoms. The van der Waals surface area contributed by atoms with Crippen molar-refractivity contribution in [3.8, 4) is 5.75 Å². The van der Waals surface area contributed by atoms with Gasteiger partial charge in [0.25, 0.3) is 0 Å². The molecule has 0 aromatic heterocycles. The van der Waals surface area contributed by atoms with Gasteiger partial charge in [-0.25, -0.2) is 4.79 Å². The van der Waals surface area contributed by atoms with Gasteiger partial charge in [-0.1, -0.05) is 25.1 Å². The molecule has 0 radical (unpaired) electrons. The van der Waals surface area contributed by atoms with Crippen LogP contribution in [0.4, 0.5) is 11.4 Å². The van der Waals surface area contributed by atoms with E-state index in [4.69, 9.17) is 20.9 Å². The number of hydrogen-bond acceptors (Lipinski definition) is 6. The molecule has 1 aliphatic carbocycles. The lowest BCUT2D eigenvalue weighted by atomic mass is 9.82. The number of nitrogens with two attached hydrogens (primary N) is 2. The number of hydrogen-bond donors (Lipinski definition) is 2. The summed E-state index contributed by atoms with van der Waals surface area (Å²) in [6.45, 7) is 5.99. The number of esters is 2. The molecule has 33 heavy (non-hydrogen) atoms. The zero-order valence-electron chi connectivity index (χ0n) is 19.0. The van der Waals surface area contributed by atoms with Crippen LogP contribution in [-0.2, 0) is 14.3 Å². The molecule has 2 aromatic rings. The molecule has 0 saturated heterocycles. The average molecular weight is 449 g/mol. The predicted molar refractivity (Wildman–Crippen MR) is 131 cm³/mol. The Kier molecular flexibility index (Phi) is 8.30. The van der Waals surface area contributed by atoms with Gasteiger partial charge in [0.1, 0.15) is 5.75 Å². The Morgan fingerprint density at radius 2 is 1.70 bits per heavy atom. The minimum Gasteiger partial charge on any atom is -0.462 e. The lowest BCUT2D eigenvalue weighted by molar-refractivity contribution is -0.140. The number of ether oxygens (including phenoxy) is 2. The number of allylic oxidation sites excluding steroid dienone is 1. The summed E-state index contributed by atoms with van der Waals surface area (Å²) in [5, 5.41) is 0. The van der Waals surface area contributed by atoms with Crippen LogP contribution < -0.4 is 16.2 Å². The van der Waals surface area contributed by atoms with E-state index in [2.05, 4.69) is 6.58 Å². The minimum absolute atomic E-state index is 0.0334. The van der Waals surface area contributed by atoms with Crippen molar-refractivity contribution < 1.29 is 19.1 Å². The van der Waals surface area contributed by atoms with Crippen molar-refractivity contribution in [3.63, 3.8) is 0 Å². The van der Waals surface area contributed by atoms with Crippen molar-refractivity contribution >= 4 is 29.4 Å². The maximum Gasteiger partial charge on any atom is 0.330 e. The lowest BCUT2D eigenvalue weighted by Gasteiger charge is -2.24. The Hall–Kier alpha value is -3.54. The van der Waals surface area contributed by atoms with Crippen LogP contribution in [0.2, 0.25) is 0 Å². The van der Waals surface area contributed by atoms with Crippen molar-refractivity contribution in [2.75, 3.05) is 18.1 Å². The van der Waals surface area contributed by atoms with Gasteiger partial charge >= 0.3 is 11.9 Å². The molecule has 174 valence electrons. The van der Waals surface area contributed by atoms with E-state index in [1.807, 2.05) is 25.1 Å². The maximum absolute atomic E-state index is 12.4. The Morgan fingerprint density at radius 3 is 2.30 bits per heavy atom. The molecule has 4 N–H and O–H groups in total. The first kappa shape index (κ1) is 24.1. The predicted octanol–water partition coefficient (Wildman–Crippen LogP) is 5.11. The van der Waals surface area contributed by atoms with Gasteiger partial charge in [0, 0.05) is 23.4 Å². The second kappa shape index (κ2) is 11.4. The van der Waals surface area contributed by atoms with E-state index < -0.39 is 5.97 Å². The third-order valence-corrected chi connectivity index (χ3v) is 5.99. The molecule has 1 atom stereocenters. The molecule has 1 unspecified atom stereocenters. The molecule has 0 spiro atoms. The first-order valence-electron chi connectivity index (χ1n) is 11.3. The second-order valence-electron chi connectivity index (χ2n) is 8.63. The number of carbonyl (C=O) groups is 2. The molecule has 0 amide bonds. The standard InChI is InChI=1S/C27H32N2O4/c1-3-19-4-9-21(10-5-19)27(31)33-25-11-6-20(7-12-25)8-13-26(30)32-17-18(2)22-14-23(28)16-24(29)15-22/h3,6-8,11-16,18-19,21H,1,4-5,9-10,17,28-29H2,2H3/b13-8+. The van der Waals surface area contributed by atoms with Crippen LogP contribution in [0.1, 0.15) is 49.7 Å². The Bertz CT molecular complexity index is 985. The van der Waals surface area contributed by atoms with Crippen LogP contribution in [0.5, 0.6) is 5.75 Å². The van der Waals surface area contributed by atoms with Crippen molar-refractivity contribution in [3.05, 3.63) is 72.3 Å². The summed E-state index contributed by atoms with van der Waals surface area (Å²) in [7, 11) is 0. The molecule has 1 aliphatic rings. The zero-order chi connectivity index (χ0) is 23.8. The van der Waals surface area contributed by atoms with Crippen LogP contribution >= 0.6 is 0 Å². The number of carbonyl (C=O) groups excluding carboxylic acids is 2. The van der Waals surface area contributed by atoms with Gasteiger partial charge in [-0.05, 0) is 79.1 Å². The minimum atomic E-state index is -0.440. The topological polar surface area (TPSA) is 105 Å². The fourth-order valence-electron chi connectivity index (χ4n) is 3.94. The van der Waals surface area contributed by atoms with E-state index in [1.165, 1.54) is 6.08 Å². The van der Waals surface area contributed by atoms with E-state index >= 15 is 0 Å². The first-order valence-corrected chi connectivity index (χ1v) is 11.3. The highest BCUT2D eigenvalue weighted by Gasteiger charge is 2.26. The van der Waals surface area contributed by atoms with E-state index in [9.17, 15) is 9.59 Å². The Morgan fingerprint density at radius 1 is 1.06 bits per heavy atom. The first-order chi connectivity index (χ1) is 15.8. The van der Waals surface area contributed by atoms with Crippen LogP contribution in [0, 0.1) is 11.8 Å². The molecule has 6 nitrogen and oxygen atoms in total. The van der Waals surface area contributed by atoms with Gasteiger partial charge in [0.15, 0.2) is 0 Å². The molecular formula is C27H32N2O4. The number of anilines is 2. The van der Waals surface area contributed by atoms with Gasteiger partial charge in [-0.3, -0.25) is 4.79 Å². The van der Waals surface area contributed by atoms with Gasteiger partial charge in [0.2, 0.25) is 0 Å². The molecular weight excluding hydrogens is 416 g/mol. The summed E-state index contributed by atoms with van der Waals surface area (Å²) in [5.74, 6) is 0.298. The summed E-state index contributed by atoms with van der Waals surface area (Å²) >= 11 is 0. The van der Waals surface area contributed by atoms with Crippen molar-refractivity contribution in [2.45, 2.75) is 38.5 Å². The maximum atomic E-state index is 12.4. The smallest absolute Gasteiger partial charge is 0.330 e. The van der Waals surface area contributed by atoms with Gasteiger partial charge in [-0.2, -0.15) is 0 Å². The Balaban J connectivity index is 1.45. The summed E-state index contributed by atoms with van der Waals surface area (Å²) in [5.41, 5.74) is 14.5.